The van der Waals surface area contributed by atoms with Gasteiger partial charge in [-0.05, 0) is 31.2 Å². The third-order valence-electron chi connectivity index (χ3n) is 5.64. The highest BCUT2D eigenvalue weighted by atomic mass is 16.5. The number of dihydropyridines is 1. The highest BCUT2D eigenvalue weighted by molar-refractivity contribution is 6.04. The summed E-state index contributed by atoms with van der Waals surface area (Å²) in [6.07, 6.45) is 2.97. The first kappa shape index (κ1) is 21.2. The van der Waals surface area contributed by atoms with E-state index in [4.69, 9.17) is 9.47 Å². The van der Waals surface area contributed by atoms with Crippen molar-refractivity contribution in [3.05, 3.63) is 52.4 Å². The van der Waals surface area contributed by atoms with Crippen molar-refractivity contribution in [3.63, 3.8) is 0 Å². The van der Waals surface area contributed by atoms with E-state index in [0.717, 1.165) is 36.2 Å². The van der Waals surface area contributed by atoms with E-state index in [1.165, 1.54) is 0 Å². The molecule has 0 spiro atoms. The highest BCUT2D eigenvalue weighted by Gasteiger charge is 2.43. The minimum absolute atomic E-state index is 0.0750. The Morgan fingerprint density at radius 2 is 1.97 bits per heavy atom. The number of esters is 1. The Labute approximate surface area is 173 Å². The van der Waals surface area contributed by atoms with Gasteiger partial charge in [-0.2, -0.15) is 0 Å². The maximum Gasteiger partial charge on any atom is 0.336 e. The van der Waals surface area contributed by atoms with Gasteiger partial charge in [0.2, 0.25) is 0 Å². The van der Waals surface area contributed by atoms with Crippen molar-refractivity contribution in [2.45, 2.75) is 59.3 Å². The number of carbonyl (C=O) groups is 2. The lowest BCUT2D eigenvalue weighted by atomic mass is 9.68. The van der Waals surface area contributed by atoms with Gasteiger partial charge < -0.3 is 14.8 Å². The van der Waals surface area contributed by atoms with Crippen LogP contribution in [-0.2, 0) is 14.3 Å². The number of methoxy groups -OCH3 is 1. The van der Waals surface area contributed by atoms with Gasteiger partial charge in [0, 0.05) is 29.0 Å². The van der Waals surface area contributed by atoms with E-state index in [9.17, 15) is 9.59 Å². The molecule has 0 saturated carbocycles. The monoisotopic (exact) mass is 397 g/mol. The Hall–Kier alpha value is -2.56. The van der Waals surface area contributed by atoms with Gasteiger partial charge in [-0.15, -0.1) is 0 Å². The van der Waals surface area contributed by atoms with E-state index in [1.807, 2.05) is 31.2 Å². The number of hydrogen-bond acceptors (Lipinski definition) is 5. The first-order valence-corrected chi connectivity index (χ1v) is 10.3. The van der Waals surface area contributed by atoms with Gasteiger partial charge in [0.05, 0.1) is 25.2 Å². The Bertz CT molecular complexity index is 879. The van der Waals surface area contributed by atoms with Gasteiger partial charge in [-0.3, -0.25) is 4.79 Å². The Balaban J connectivity index is 2.13. The van der Waals surface area contributed by atoms with Crippen molar-refractivity contribution in [2.24, 2.45) is 5.41 Å². The number of hydrogen-bond donors (Lipinski definition) is 1. The number of allylic oxidation sites excluding steroid dienone is 3. The molecular weight excluding hydrogens is 366 g/mol. The Kier molecular flexibility index (Phi) is 6.15. The standard InChI is InChI=1S/C24H31NO4/c1-6-7-12-29-23(27)20-15(2)25-17-13-24(3,4)14-18(26)22(17)21(20)16-10-8-9-11-19(16)28-5/h8-11,21,25H,6-7,12-14H2,1-5H3/t21-/m1/s1. The summed E-state index contributed by atoms with van der Waals surface area (Å²) in [6.45, 7) is 8.51. The summed E-state index contributed by atoms with van der Waals surface area (Å²) in [5, 5.41) is 3.36. The van der Waals surface area contributed by atoms with E-state index in [2.05, 4.69) is 26.1 Å². The fourth-order valence-corrected chi connectivity index (χ4v) is 4.31. The fourth-order valence-electron chi connectivity index (χ4n) is 4.31. The smallest absolute Gasteiger partial charge is 0.336 e. The quantitative estimate of drug-likeness (QED) is 0.559. The van der Waals surface area contributed by atoms with Gasteiger partial charge in [0.25, 0.3) is 0 Å². The molecule has 0 aromatic heterocycles. The van der Waals surface area contributed by atoms with Crippen molar-refractivity contribution in [2.75, 3.05) is 13.7 Å². The fraction of sp³-hybridized carbons (Fsp3) is 0.500. The first-order valence-electron chi connectivity index (χ1n) is 10.3. The zero-order valence-electron chi connectivity index (χ0n) is 18.1. The van der Waals surface area contributed by atoms with Crippen LogP contribution in [0.4, 0.5) is 0 Å². The minimum Gasteiger partial charge on any atom is -0.496 e. The Morgan fingerprint density at radius 1 is 1.24 bits per heavy atom. The minimum atomic E-state index is -0.486. The second kappa shape index (κ2) is 8.44. The molecule has 5 nitrogen and oxygen atoms in total. The van der Waals surface area contributed by atoms with E-state index in [0.29, 0.717) is 29.9 Å². The van der Waals surface area contributed by atoms with Gasteiger partial charge in [0.1, 0.15) is 5.75 Å². The molecule has 0 saturated heterocycles. The van der Waals surface area contributed by atoms with Crippen LogP contribution in [0.2, 0.25) is 0 Å². The highest BCUT2D eigenvalue weighted by Crippen LogP contribution is 2.48. The molecule has 1 heterocycles. The molecule has 156 valence electrons. The molecule has 1 aromatic rings. The third-order valence-corrected chi connectivity index (χ3v) is 5.64. The van der Waals surface area contributed by atoms with Crippen molar-refractivity contribution in [3.8, 4) is 5.75 Å². The van der Waals surface area contributed by atoms with E-state index in [1.54, 1.807) is 7.11 Å². The van der Waals surface area contributed by atoms with E-state index >= 15 is 0 Å². The van der Waals surface area contributed by atoms with E-state index in [-0.39, 0.29) is 17.2 Å². The number of rotatable bonds is 6. The topological polar surface area (TPSA) is 64.6 Å². The lowest BCUT2D eigenvalue weighted by Gasteiger charge is -2.39. The molecule has 2 aliphatic rings. The maximum absolute atomic E-state index is 13.2. The summed E-state index contributed by atoms with van der Waals surface area (Å²) in [7, 11) is 1.61. The average molecular weight is 398 g/mol. The second-order valence-electron chi connectivity index (χ2n) is 8.66. The summed E-state index contributed by atoms with van der Waals surface area (Å²) in [5.41, 5.74) is 3.52. The largest absolute Gasteiger partial charge is 0.496 e. The van der Waals surface area contributed by atoms with Gasteiger partial charge in [-0.1, -0.05) is 45.4 Å². The third kappa shape index (κ3) is 4.24. The van der Waals surface area contributed by atoms with Crippen LogP contribution >= 0.6 is 0 Å². The predicted molar refractivity (Wildman–Crippen MR) is 112 cm³/mol. The molecule has 5 heteroatoms. The van der Waals surface area contributed by atoms with Crippen molar-refractivity contribution < 1.29 is 19.1 Å². The van der Waals surface area contributed by atoms with Crippen LogP contribution in [0.25, 0.3) is 0 Å². The van der Waals surface area contributed by atoms with Gasteiger partial charge in [-0.25, -0.2) is 4.79 Å². The number of nitrogens with one attached hydrogen (secondary N) is 1. The van der Waals surface area contributed by atoms with Crippen LogP contribution < -0.4 is 10.1 Å². The molecular formula is C24H31NO4. The molecule has 29 heavy (non-hydrogen) atoms. The second-order valence-corrected chi connectivity index (χ2v) is 8.66. The SMILES string of the molecule is CCCCOC(=O)C1=C(C)NC2=C(C(=O)CC(C)(C)C2)[C@@H]1c1ccccc1OC. The van der Waals surface area contributed by atoms with Gasteiger partial charge >= 0.3 is 5.97 Å². The van der Waals surface area contributed by atoms with Crippen molar-refractivity contribution in [1.82, 2.24) is 5.32 Å². The van der Waals surface area contributed by atoms with Gasteiger partial charge in [0.15, 0.2) is 5.78 Å². The molecule has 3 rings (SSSR count). The lowest BCUT2D eigenvalue weighted by molar-refractivity contribution is -0.139. The van der Waals surface area contributed by atoms with Crippen LogP contribution in [0.1, 0.15) is 64.9 Å². The van der Waals surface area contributed by atoms with Crippen LogP contribution in [0.5, 0.6) is 5.75 Å². The summed E-state index contributed by atoms with van der Waals surface area (Å²) in [5.74, 6) is -0.120. The molecule has 1 aliphatic carbocycles. The van der Waals surface area contributed by atoms with Crippen molar-refractivity contribution in [1.29, 1.82) is 0 Å². The summed E-state index contributed by atoms with van der Waals surface area (Å²) >= 11 is 0. The number of ketones is 1. The van der Waals surface area contributed by atoms with Crippen LogP contribution in [0, 0.1) is 5.41 Å². The zero-order valence-corrected chi connectivity index (χ0v) is 18.1. The average Bonchev–Trinajstić information content (AvgIpc) is 2.65. The number of Topliss-reactive ketones (excluding diaryl/α,β-unsaturated/α-hetero) is 1. The molecule has 1 aromatic carbocycles. The van der Waals surface area contributed by atoms with Crippen LogP contribution in [0.3, 0.4) is 0 Å². The molecule has 0 amide bonds. The maximum atomic E-state index is 13.2. The lowest BCUT2D eigenvalue weighted by Crippen LogP contribution is -2.38. The number of benzene rings is 1. The summed E-state index contributed by atoms with van der Waals surface area (Å²) in [4.78, 5) is 26.3. The molecule has 0 unspecified atom stereocenters. The Morgan fingerprint density at radius 3 is 2.66 bits per heavy atom. The van der Waals surface area contributed by atoms with Crippen LogP contribution in [-0.4, -0.2) is 25.5 Å². The molecule has 0 bridgehead atoms. The molecule has 0 fully saturated rings. The predicted octanol–water partition coefficient (Wildman–Crippen LogP) is 4.64. The molecule has 1 N–H and O–H groups in total. The zero-order chi connectivity index (χ0) is 21.2. The number of unbranched alkanes of at least 4 members (excludes halogenated alkanes) is 1. The normalized spacial score (nSPS) is 20.9. The summed E-state index contributed by atoms with van der Waals surface area (Å²) < 4.78 is 11.1. The number of carbonyl (C=O) groups excluding carboxylic acids is 2. The first-order chi connectivity index (χ1) is 13.8. The summed E-state index contributed by atoms with van der Waals surface area (Å²) in [6, 6.07) is 7.59. The number of ether oxygens (including phenoxy) is 2. The van der Waals surface area contributed by atoms with Crippen LogP contribution in [0.15, 0.2) is 46.8 Å². The van der Waals surface area contributed by atoms with Crippen molar-refractivity contribution >= 4 is 11.8 Å². The van der Waals surface area contributed by atoms with E-state index < -0.39 is 5.92 Å². The molecule has 0 radical (unpaired) electrons. The molecule has 1 aliphatic heterocycles. The molecule has 1 atom stereocenters. The number of para-hydroxylation sites is 1.